The van der Waals surface area contributed by atoms with Crippen LogP contribution in [0, 0.1) is 20.0 Å². The predicted molar refractivity (Wildman–Crippen MR) is 74.4 cm³/mol. The largest absolute Gasteiger partial charge is 0 e. The van der Waals surface area contributed by atoms with Gasteiger partial charge in [0.2, 0.25) is 0 Å². The molecule has 0 atom stereocenters. The summed E-state index contributed by atoms with van der Waals surface area (Å²) in [5.74, 6) is -0.981. The van der Waals surface area contributed by atoms with E-state index in [-0.39, 0.29) is 31.9 Å². The van der Waals surface area contributed by atoms with Crippen molar-refractivity contribution < 1.29 is 54.5 Å². The maximum Gasteiger partial charge on any atom is 0 e. The first-order valence-corrected chi connectivity index (χ1v) is 5.47. The molecule has 2 aromatic heterocycles. The van der Waals surface area contributed by atoms with Crippen LogP contribution in [0.15, 0.2) is 48.9 Å². The molecule has 0 amide bonds. The van der Waals surface area contributed by atoms with Crippen molar-refractivity contribution in [1.82, 2.24) is 9.97 Å². The number of aliphatic hydroxyl groups excluding tert-OH is 1. The molecule has 25 heavy (non-hydrogen) atoms. The number of pyridine rings is 2. The first-order valence-electron chi connectivity index (χ1n) is 5.47. The Kier molecular flexibility index (Phi) is 44.9. The molecule has 0 unspecified atom stereocenters. The number of hydrogen-bond acceptors (Lipinski definition) is 6. The Morgan fingerprint density at radius 1 is 0.960 bits per heavy atom. The van der Waals surface area contributed by atoms with Gasteiger partial charge in [0.25, 0.3) is 0 Å². The molecule has 0 aliphatic rings. The van der Waals surface area contributed by atoms with Crippen LogP contribution in [-0.2, 0) is 34.4 Å². The molecule has 0 spiro atoms. The van der Waals surface area contributed by atoms with Crippen LogP contribution >= 0.6 is 0 Å². The molecule has 0 aromatic carbocycles. The van der Waals surface area contributed by atoms with Crippen molar-refractivity contribution in [1.29, 1.82) is 0 Å². The molecule has 9 nitrogen and oxygen atoms in total. The van der Waals surface area contributed by atoms with Gasteiger partial charge in [0, 0.05) is 46.1 Å². The van der Waals surface area contributed by atoms with E-state index >= 15 is 0 Å². The van der Waals surface area contributed by atoms with Crippen LogP contribution in [0.2, 0.25) is 0 Å². The maximum absolute atomic E-state index is 10.0. The predicted octanol–water partition coefficient (Wildman–Crippen LogP) is -0.274. The molecule has 2 aromatic rings. The van der Waals surface area contributed by atoms with E-state index in [1.54, 1.807) is 12.1 Å². The Morgan fingerprint density at radius 3 is 1.60 bits per heavy atom. The molecule has 0 fully saturated rings. The zero-order valence-electron chi connectivity index (χ0n) is 12.8. The van der Waals surface area contributed by atoms with Crippen molar-refractivity contribution in [3.05, 3.63) is 74.6 Å². The summed E-state index contributed by atoms with van der Waals surface area (Å²) in [7, 11) is 1.00. The summed E-state index contributed by atoms with van der Waals surface area (Å²) in [6, 6.07) is 7.68. The van der Waals surface area contributed by atoms with Gasteiger partial charge in [0.15, 0.2) is 0 Å². The van der Waals surface area contributed by atoms with E-state index in [4.69, 9.17) is 24.2 Å². The Hall–Kier alpha value is -2.59. The minimum atomic E-state index is -1.24. The van der Waals surface area contributed by atoms with Gasteiger partial charge in [-0.2, -0.15) is 0 Å². The third kappa shape index (κ3) is 26.6. The van der Waals surface area contributed by atoms with Crippen LogP contribution < -0.4 is 5.11 Å². The van der Waals surface area contributed by atoms with E-state index in [0.29, 0.717) is 0 Å². The second kappa shape index (κ2) is 33.1. The van der Waals surface area contributed by atoms with Crippen molar-refractivity contribution in [2.75, 3.05) is 7.11 Å². The van der Waals surface area contributed by atoms with Crippen molar-refractivity contribution in [2.24, 2.45) is 0 Å². The van der Waals surface area contributed by atoms with Gasteiger partial charge in [-0.1, -0.05) is 6.07 Å². The van der Waals surface area contributed by atoms with Crippen LogP contribution in [0.4, 0.5) is 0 Å². The molecular weight excluding hydrogens is 506 g/mol. The van der Waals surface area contributed by atoms with E-state index in [2.05, 4.69) is 29.9 Å². The third-order valence-corrected chi connectivity index (χ3v) is 1.54. The van der Waals surface area contributed by atoms with Gasteiger partial charge in [-0.3, -0.25) is 9.97 Å². The number of aliphatic hydroxyl groups is 1. The quantitative estimate of drug-likeness (QED) is 0.389. The minimum absolute atomic E-state index is 0. The standard InChI is InChI=1S/C6H5NO2.C5H5NO.CH4O.3CO.Re/c8-6(9)5-3-1-2-4-7-5;7-5-1-3-6-4-2-5;4*1-2;/h1-4H,(H,8,9);1-4H,(H,6,7);2H,1H3;;;;/p-1. The van der Waals surface area contributed by atoms with E-state index in [9.17, 15) is 9.90 Å². The minimum Gasteiger partial charge on any atom is 0 e. The molecule has 2 N–H and O–H groups in total. The summed E-state index contributed by atoms with van der Waals surface area (Å²) in [6.45, 7) is 13.5. The maximum atomic E-state index is 10.0. The second-order valence-corrected chi connectivity index (χ2v) is 2.71. The number of carbonyl (C=O) groups excluding carboxylic acids is 1. The molecule has 133 valence electrons. The number of rotatable bonds is 1. The molecule has 10 heteroatoms. The summed E-state index contributed by atoms with van der Waals surface area (Å²) in [5, 5.41) is 25.6. The summed E-state index contributed by atoms with van der Waals surface area (Å²) < 4.78 is 22.5. The van der Waals surface area contributed by atoms with Gasteiger partial charge in [0.1, 0.15) is 5.75 Å². The fourth-order valence-corrected chi connectivity index (χ4v) is 0.828. The number of carboxylic acid groups (broad SMARTS) is 1. The summed E-state index contributed by atoms with van der Waals surface area (Å²) in [5.41, 5.74) is -0.0301. The van der Waals surface area contributed by atoms with Gasteiger partial charge in [0.05, 0.1) is 11.7 Å². The van der Waals surface area contributed by atoms with Gasteiger partial charge < -0.3 is 20.1 Å². The molecule has 1 radical (unpaired) electrons. The van der Waals surface area contributed by atoms with Gasteiger partial charge in [-0.25, -0.2) is 0 Å². The Morgan fingerprint density at radius 2 is 1.40 bits per heavy atom. The second-order valence-electron chi connectivity index (χ2n) is 2.71. The number of aromatic carboxylic acids is 1. The molecule has 2 rings (SSSR count). The van der Waals surface area contributed by atoms with Crippen LogP contribution in [-0.4, -0.2) is 33.3 Å². The smallest absolute Gasteiger partial charge is 0 e. The molecule has 0 aliphatic heterocycles. The normalized spacial score (nSPS) is 6.08. The van der Waals surface area contributed by atoms with Gasteiger partial charge in [-0.15, -0.1) is 0 Å². The molecule has 0 saturated heterocycles. The average molecular weight is 519 g/mol. The summed E-state index contributed by atoms with van der Waals surface area (Å²) in [6.07, 6.45) is 4.48. The Bertz CT molecular complexity index is 546. The zero-order valence-corrected chi connectivity index (χ0v) is 15.5. The molecule has 0 aliphatic carbocycles. The molecule has 0 bridgehead atoms. The number of aromatic hydroxyl groups is 1. The summed E-state index contributed by atoms with van der Waals surface area (Å²) in [4.78, 5) is 17.2. The molecule has 2 heterocycles. The van der Waals surface area contributed by atoms with E-state index < -0.39 is 5.97 Å². The van der Waals surface area contributed by atoms with E-state index in [0.717, 1.165) is 7.11 Å². The molecule has 0 saturated carbocycles. The zero-order chi connectivity index (χ0) is 19.8. The fraction of sp³-hybridized carbons (Fsp3) is 0.0667. The number of nitrogens with zero attached hydrogens (tertiary/aromatic N) is 2. The van der Waals surface area contributed by atoms with Crippen molar-refractivity contribution in [3.63, 3.8) is 0 Å². The first kappa shape index (κ1) is 33.9. The number of carboxylic acids is 1. The summed E-state index contributed by atoms with van der Waals surface area (Å²) >= 11 is 0. The average Bonchev–Trinajstić information content (AvgIpc) is 2.70. The topological polar surface area (TPSA) is 166 Å². The first-order chi connectivity index (χ1) is 11.7. The van der Waals surface area contributed by atoms with Crippen LogP contribution in [0.5, 0.6) is 5.75 Å². The van der Waals surface area contributed by atoms with Crippen LogP contribution in [0.3, 0.4) is 0 Å². The number of carbonyl (C=O) groups is 1. The third-order valence-electron chi connectivity index (χ3n) is 1.54. The van der Waals surface area contributed by atoms with Gasteiger partial charge in [-0.05, 0) is 24.3 Å². The van der Waals surface area contributed by atoms with Crippen molar-refractivity contribution >= 4 is 5.97 Å². The van der Waals surface area contributed by atoms with Crippen molar-refractivity contribution in [2.45, 2.75) is 0 Å². The monoisotopic (exact) mass is 520 g/mol. The molecular formula is C15H13N2O7Re-. The Balaban J connectivity index is -0.0000000750. The van der Waals surface area contributed by atoms with E-state index in [1.165, 1.54) is 36.8 Å². The number of hydrogen-bond donors (Lipinski definition) is 2. The van der Waals surface area contributed by atoms with Crippen LogP contribution in [0.25, 0.3) is 0 Å². The van der Waals surface area contributed by atoms with E-state index in [1.807, 2.05) is 0 Å². The van der Waals surface area contributed by atoms with Crippen LogP contribution in [0.1, 0.15) is 10.5 Å². The Labute approximate surface area is 158 Å². The van der Waals surface area contributed by atoms with Gasteiger partial charge >= 0.3 is 33.9 Å². The number of aromatic nitrogens is 2. The fourth-order valence-electron chi connectivity index (χ4n) is 0.828. The van der Waals surface area contributed by atoms with Crippen molar-refractivity contribution in [3.8, 4) is 5.75 Å². The SMILES string of the molecule is CO.O=C([O-])c1ccccn1.Oc1ccncc1.[C-]#[O+].[C-]#[O+].[C-]#[O+].[Re].